The molecule has 4 nitrogen and oxygen atoms in total. The molecule has 0 N–H and O–H groups in total. The second-order valence-corrected chi connectivity index (χ2v) is 8.25. The highest BCUT2D eigenvalue weighted by atomic mass is 16.5. The molecule has 4 heteroatoms. The predicted molar refractivity (Wildman–Crippen MR) is 132 cm³/mol. The van der Waals surface area contributed by atoms with Crippen LogP contribution in [0.15, 0.2) is 78.9 Å². The van der Waals surface area contributed by atoms with Crippen LogP contribution in [0.3, 0.4) is 0 Å². The maximum absolute atomic E-state index is 10.0. The van der Waals surface area contributed by atoms with Gasteiger partial charge in [-0.15, -0.1) is 6.58 Å². The zero-order valence-electron chi connectivity index (χ0n) is 19.3. The lowest BCUT2D eigenvalue weighted by atomic mass is 9.65. The van der Waals surface area contributed by atoms with Crippen molar-refractivity contribution in [2.24, 2.45) is 11.3 Å². The Morgan fingerprint density at radius 1 is 1.03 bits per heavy atom. The van der Waals surface area contributed by atoms with Gasteiger partial charge in [0.1, 0.15) is 11.5 Å². The van der Waals surface area contributed by atoms with Crippen molar-refractivity contribution in [3.63, 3.8) is 0 Å². The molecule has 3 rings (SSSR count). The van der Waals surface area contributed by atoms with Gasteiger partial charge in [0.15, 0.2) is 5.41 Å². The number of hydrogen-bond donors (Lipinski definition) is 0. The van der Waals surface area contributed by atoms with E-state index in [0.29, 0.717) is 6.42 Å². The monoisotopic (exact) mass is 438 g/mol. The highest BCUT2D eigenvalue weighted by molar-refractivity contribution is 5.53. The molecule has 0 aliphatic heterocycles. The fraction of sp³-hybridized carbons (Fsp3) is 0.310. The number of ether oxygens (including phenoxy) is 2. The minimum Gasteiger partial charge on any atom is -0.497 e. The second-order valence-electron chi connectivity index (χ2n) is 8.25. The Morgan fingerprint density at radius 3 is 2.18 bits per heavy atom. The van der Waals surface area contributed by atoms with Gasteiger partial charge in [0.05, 0.1) is 26.4 Å². The number of methoxy groups -OCH3 is 2. The Hall–Kier alpha value is -3.76. The van der Waals surface area contributed by atoms with E-state index < -0.39 is 5.41 Å². The first-order chi connectivity index (χ1) is 16.1. The molecule has 0 heterocycles. The Kier molecular flexibility index (Phi) is 8.11. The lowest BCUT2D eigenvalue weighted by Gasteiger charge is -2.36. The van der Waals surface area contributed by atoms with Crippen molar-refractivity contribution in [3.8, 4) is 23.6 Å². The zero-order chi connectivity index (χ0) is 23.7. The SMILES string of the molecule is C=CCC(C#N)(C#N)C1=CCCCC1C(/C=C/c1ccc(OC)cc1)c1ccc(OC)cc1. The fourth-order valence-corrected chi connectivity index (χ4v) is 4.58. The first-order valence-electron chi connectivity index (χ1n) is 11.2. The van der Waals surface area contributed by atoms with Crippen LogP contribution in [-0.2, 0) is 0 Å². The van der Waals surface area contributed by atoms with Crippen molar-refractivity contribution in [2.45, 2.75) is 31.6 Å². The summed E-state index contributed by atoms with van der Waals surface area (Å²) >= 11 is 0. The van der Waals surface area contributed by atoms with Crippen LogP contribution in [0.1, 0.15) is 42.7 Å². The van der Waals surface area contributed by atoms with Gasteiger partial charge in [-0.2, -0.15) is 10.5 Å². The van der Waals surface area contributed by atoms with Crippen molar-refractivity contribution < 1.29 is 9.47 Å². The lowest BCUT2D eigenvalue weighted by molar-refractivity contribution is 0.403. The second kappa shape index (κ2) is 11.2. The summed E-state index contributed by atoms with van der Waals surface area (Å²) in [4.78, 5) is 0. The molecule has 0 saturated heterocycles. The molecule has 0 aromatic heterocycles. The first kappa shape index (κ1) is 23.9. The molecular formula is C29H30N2O2. The van der Waals surface area contributed by atoms with E-state index in [1.165, 1.54) is 0 Å². The third-order valence-corrected chi connectivity index (χ3v) is 6.35. The molecule has 1 aliphatic carbocycles. The molecule has 0 fully saturated rings. The van der Waals surface area contributed by atoms with E-state index in [1.54, 1.807) is 20.3 Å². The summed E-state index contributed by atoms with van der Waals surface area (Å²) < 4.78 is 10.6. The van der Waals surface area contributed by atoms with Gasteiger partial charge < -0.3 is 9.47 Å². The fourth-order valence-electron chi connectivity index (χ4n) is 4.58. The molecule has 2 aromatic carbocycles. The molecule has 2 atom stereocenters. The third-order valence-electron chi connectivity index (χ3n) is 6.35. The highest BCUT2D eigenvalue weighted by Crippen LogP contribution is 2.47. The van der Waals surface area contributed by atoms with Crippen molar-refractivity contribution in [3.05, 3.63) is 90.0 Å². The third kappa shape index (κ3) is 5.36. The lowest BCUT2D eigenvalue weighted by Crippen LogP contribution is -2.29. The highest BCUT2D eigenvalue weighted by Gasteiger charge is 2.41. The molecule has 2 aromatic rings. The normalized spacial score (nSPS) is 16.8. The summed E-state index contributed by atoms with van der Waals surface area (Å²) in [6.45, 7) is 3.81. The molecule has 0 saturated carbocycles. The summed E-state index contributed by atoms with van der Waals surface area (Å²) in [5.41, 5.74) is 1.92. The van der Waals surface area contributed by atoms with E-state index >= 15 is 0 Å². The largest absolute Gasteiger partial charge is 0.497 e. The van der Waals surface area contributed by atoms with Gasteiger partial charge in [-0.05, 0) is 66.1 Å². The molecule has 0 amide bonds. The van der Waals surface area contributed by atoms with Gasteiger partial charge in [-0.1, -0.05) is 48.6 Å². The van der Waals surface area contributed by atoms with Crippen LogP contribution in [0.25, 0.3) is 6.08 Å². The molecule has 168 valence electrons. The van der Waals surface area contributed by atoms with Crippen LogP contribution in [0.4, 0.5) is 0 Å². The number of nitriles is 2. The van der Waals surface area contributed by atoms with Crippen LogP contribution in [0.5, 0.6) is 11.5 Å². The average Bonchev–Trinajstić information content (AvgIpc) is 2.88. The quantitative estimate of drug-likeness (QED) is 0.402. The number of hydrogen-bond acceptors (Lipinski definition) is 4. The molecule has 0 radical (unpaired) electrons. The molecule has 0 bridgehead atoms. The van der Waals surface area contributed by atoms with Gasteiger partial charge in [-0.3, -0.25) is 0 Å². The van der Waals surface area contributed by atoms with Gasteiger partial charge >= 0.3 is 0 Å². The average molecular weight is 439 g/mol. The van der Waals surface area contributed by atoms with Crippen molar-refractivity contribution in [1.29, 1.82) is 10.5 Å². The van der Waals surface area contributed by atoms with E-state index in [0.717, 1.165) is 47.5 Å². The van der Waals surface area contributed by atoms with Gasteiger partial charge in [0, 0.05) is 12.3 Å². The van der Waals surface area contributed by atoms with E-state index in [9.17, 15) is 10.5 Å². The molecular weight excluding hydrogens is 408 g/mol. The Balaban J connectivity index is 2.06. The van der Waals surface area contributed by atoms with Crippen LogP contribution >= 0.6 is 0 Å². The number of benzene rings is 2. The minimum atomic E-state index is -1.19. The Labute approximate surface area is 197 Å². The van der Waals surface area contributed by atoms with E-state index in [4.69, 9.17) is 9.47 Å². The summed E-state index contributed by atoms with van der Waals surface area (Å²) in [7, 11) is 3.31. The number of nitrogens with zero attached hydrogens (tertiary/aromatic N) is 2. The van der Waals surface area contributed by atoms with Crippen molar-refractivity contribution in [2.75, 3.05) is 14.2 Å². The molecule has 0 spiro atoms. The van der Waals surface area contributed by atoms with Crippen LogP contribution in [0.2, 0.25) is 0 Å². The van der Waals surface area contributed by atoms with E-state index in [2.05, 4.69) is 49.1 Å². The molecule has 2 unspecified atom stereocenters. The smallest absolute Gasteiger partial charge is 0.168 e. The minimum absolute atomic E-state index is 0.00967. The molecule has 33 heavy (non-hydrogen) atoms. The Bertz CT molecular complexity index is 1070. The van der Waals surface area contributed by atoms with Crippen LogP contribution in [-0.4, -0.2) is 14.2 Å². The van der Waals surface area contributed by atoms with Gasteiger partial charge in [0.2, 0.25) is 0 Å². The predicted octanol–water partition coefficient (Wildman–Crippen LogP) is 6.84. The van der Waals surface area contributed by atoms with Crippen molar-refractivity contribution in [1.82, 2.24) is 0 Å². The first-order valence-corrected chi connectivity index (χ1v) is 11.2. The number of allylic oxidation sites excluding steroid dienone is 4. The Morgan fingerprint density at radius 2 is 1.64 bits per heavy atom. The maximum atomic E-state index is 10.0. The van der Waals surface area contributed by atoms with E-state index in [1.807, 2.05) is 36.4 Å². The van der Waals surface area contributed by atoms with Gasteiger partial charge in [0.25, 0.3) is 0 Å². The summed E-state index contributed by atoms with van der Waals surface area (Å²) in [6.07, 6.45) is 11.2. The summed E-state index contributed by atoms with van der Waals surface area (Å²) in [5, 5.41) is 20.1. The van der Waals surface area contributed by atoms with Crippen molar-refractivity contribution >= 4 is 6.08 Å². The van der Waals surface area contributed by atoms with Crippen LogP contribution < -0.4 is 9.47 Å². The molecule has 1 aliphatic rings. The zero-order valence-corrected chi connectivity index (χ0v) is 19.3. The summed E-state index contributed by atoms with van der Waals surface area (Å²) in [6, 6.07) is 20.6. The summed E-state index contributed by atoms with van der Waals surface area (Å²) in [5.74, 6) is 1.66. The maximum Gasteiger partial charge on any atom is 0.168 e. The number of rotatable bonds is 9. The standard InChI is InChI=1S/C29H30N2O2/c1-4-19-29(20-30,21-31)28-8-6-5-7-27(28)26(23-12-16-25(33-3)17-13-23)18-11-22-9-14-24(32-2)15-10-22/h4,8-18,26-27H,1,5-7,19H2,2-3H3/b18-11+. The topological polar surface area (TPSA) is 66.0 Å². The van der Waals surface area contributed by atoms with Gasteiger partial charge in [-0.25, -0.2) is 0 Å². The van der Waals surface area contributed by atoms with E-state index in [-0.39, 0.29) is 11.8 Å². The van der Waals surface area contributed by atoms with Crippen LogP contribution in [0, 0.1) is 34.0 Å².